The molecular formula is C22H30N2O6S2. The number of sulfonamides is 2. The van der Waals surface area contributed by atoms with Crippen LogP contribution < -0.4 is 9.47 Å². The first-order valence-electron chi connectivity index (χ1n) is 10.2. The molecule has 0 amide bonds. The van der Waals surface area contributed by atoms with Crippen molar-refractivity contribution in [2.75, 3.05) is 40.4 Å². The molecule has 32 heavy (non-hydrogen) atoms. The van der Waals surface area contributed by atoms with Gasteiger partial charge in [0, 0.05) is 38.3 Å². The maximum absolute atomic E-state index is 13.3. The van der Waals surface area contributed by atoms with Gasteiger partial charge in [0.15, 0.2) is 0 Å². The summed E-state index contributed by atoms with van der Waals surface area (Å²) in [7, 11) is -4.58. The molecule has 0 radical (unpaired) electrons. The van der Waals surface area contributed by atoms with Gasteiger partial charge in [-0.25, -0.2) is 16.8 Å². The van der Waals surface area contributed by atoms with E-state index in [-0.39, 0.29) is 36.0 Å². The van der Waals surface area contributed by atoms with Crippen molar-refractivity contribution in [1.29, 1.82) is 0 Å². The van der Waals surface area contributed by atoms with Crippen molar-refractivity contribution < 1.29 is 26.3 Å². The molecule has 8 nitrogen and oxygen atoms in total. The summed E-state index contributed by atoms with van der Waals surface area (Å²) < 4.78 is 66.3. The summed E-state index contributed by atoms with van der Waals surface area (Å²) in [5, 5.41) is 0. The van der Waals surface area contributed by atoms with E-state index < -0.39 is 20.0 Å². The lowest BCUT2D eigenvalue weighted by atomic mass is 10.1. The molecule has 0 atom stereocenters. The van der Waals surface area contributed by atoms with E-state index >= 15 is 0 Å². The number of hydrogen-bond donors (Lipinski definition) is 0. The number of ether oxygens (including phenoxy) is 2. The zero-order valence-electron chi connectivity index (χ0n) is 19.3. The van der Waals surface area contributed by atoms with Crippen molar-refractivity contribution in [3.63, 3.8) is 0 Å². The van der Waals surface area contributed by atoms with Crippen LogP contribution in [-0.4, -0.2) is 65.8 Å². The van der Waals surface area contributed by atoms with Crippen LogP contribution in [0.25, 0.3) is 0 Å². The van der Waals surface area contributed by atoms with Gasteiger partial charge in [-0.15, -0.1) is 0 Å². The Morgan fingerprint density at radius 1 is 0.594 bits per heavy atom. The zero-order chi connectivity index (χ0) is 23.8. The predicted molar refractivity (Wildman–Crippen MR) is 122 cm³/mol. The summed E-state index contributed by atoms with van der Waals surface area (Å²) in [4.78, 5) is 0.353. The van der Waals surface area contributed by atoms with Crippen molar-refractivity contribution in [2.24, 2.45) is 0 Å². The Balaban J connectivity index is 1.85. The molecule has 1 fully saturated rings. The van der Waals surface area contributed by atoms with Crippen molar-refractivity contribution in [1.82, 2.24) is 8.61 Å². The fraction of sp³-hybridized carbons (Fsp3) is 0.455. The maximum atomic E-state index is 13.3. The Bertz CT molecular complexity index is 1130. The van der Waals surface area contributed by atoms with E-state index in [0.717, 1.165) is 11.1 Å². The number of benzene rings is 2. The van der Waals surface area contributed by atoms with Gasteiger partial charge in [-0.2, -0.15) is 8.61 Å². The van der Waals surface area contributed by atoms with Crippen molar-refractivity contribution >= 4 is 20.0 Å². The molecule has 2 aromatic rings. The maximum Gasteiger partial charge on any atom is 0.243 e. The van der Waals surface area contributed by atoms with E-state index in [2.05, 4.69) is 0 Å². The molecule has 0 bridgehead atoms. The summed E-state index contributed by atoms with van der Waals surface area (Å²) in [6.45, 7) is 7.47. The molecule has 0 unspecified atom stereocenters. The molecule has 2 aromatic carbocycles. The van der Waals surface area contributed by atoms with Gasteiger partial charge < -0.3 is 9.47 Å². The topological polar surface area (TPSA) is 93.2 Å². The molecule has 0 N–H and O–H groups in total. The fourth-order valence-electron chi connectivity index (χ4n) is 4.05. The number of nitrogens with zero attached hydrogens (tertiary/aromatic N) is 2. The van der Waals surface area contributed by atoms with E-state index in [0.29, 0.717) is 22.6 Å². The van der Waals surface area contributed by atoms with E-state index in [1.165, 1.54) is 35.0 Å². The highest BCUT2D eigenvalue weighted by molar-refractivity contribution is 7.89. The lowest BCUT2D eigenvalue weighted by molar-refractivity contribution is 0.272. The number of hydrogen-bond acceptors (Lipinski definition) is 6. The minimum atomic E-state index is -3.79. The first-order valence-corrected chi connectivity index (χ1v) is 13.1. The summed E-state index contributed by atoms with van der Waals surface area (Å²) in [5.41, 5.74) is 2.95. The standard InChI is InChI=1S/C22H30N2O6S2/c1-15-11-17(3)21(13-19(15)29-5)31(25,26)23-7-9-24(10-8-23)32(27,28)22-14-20(30-6)16(2)12-18(22)4/h11-14H,7-10H2,1-6H3. The van der Waals surface area contributed by atoms with Crippen LogP contribution in [0, 0.1) is 27.7 Å². The van der Waals surface area contributed by atoms with Crippen LogP contribution in [0.5, 0.6) is 11.5 Å². The molecule has 1 aliphatic rings. The lowest BCUT2D eigenvalue weighted by Gasteiger charge is -2.34. The van der Waals surface area contributed by atoms with Crippen LogP contribution in [0.1, 0.15) is 22.3 Å². The molecule has 0 aliphatic carbocycles. The Morgan fingerprint density at radius 2 is 0.906 bits per heavy atom. The van der Waals surface area contributed by atoms with Gasteiger partial charge in [0.1, 0.15) is 11.5 Å². The summed E-state index contributed by atoms with van der Waals surface area (Å²) >= 11 is 0. The summed E-state index contributed by atoms with van der Waals surface area (Å²) in [5.74, 6) is 0.998. The van der Waals surface area contributed by atoms with Crippen molar-refractivity contribution in [3.05, 3.63) is 46.5 Å². The third-order valence-electron chi connectivity index (χ3n) is 5.82. The second-order valence-corrected chi connectivity index (χ2v) is 11.8. The van der Waals surface area contributed by atoms with Crippen LogP contribution in [0.3, 0.4) is 0 Å². The largest absolute Gasteiger partial charge is 0.496 e. The molecule has 0 saturated carbocycles. The highest BCUT2D eigenvalue weighted by Crippen LogP contribution is 2.31. The molecule has 0 aromatic heterocycles. The highest BCUT2D eigenvalue weighted by atomic mass is 32.2. The Hall–Kier alpha value is -2.14. The fourth-order valence-corrected chi connectivity index (χ4v) is 7.34. The number of rotatable bonds is 6. The second-order valence-electron chi connectivity index (χ2n) is 7.98. The van der Waals surface area contributed by atoms with E-state index in [1.807, 2.05) is 13.8 Å². The third kappa shape index (κ3) is 4.36. The van der Waals surface area contributed by atoms with Gasteiger partial charge in [-0.1, -0.05) is 12.1 Å². The van der Waals surface area contributed by atoms with Gasteiger partial charge >= 0.3 is 0 Å². The minimum absolute atomic E-state index is 0.0687. The van der Waals surface area contributed by atoms with Gasteiger partial charge in [-0.3, -0.25) is 0 Å². The van der Waals surface area contributed by atoms with Crippen LogP contribution in [0.4, 0.5) is 0 Å². The van der Waals surface area contributed by atoms with Crippen LogP contribution >= 0.6 is 0 Å². The van der Waals surface area contributed by atoms with Gasteiger partial charge in [0.05, 0.1) is 24.0 Å². The smallest absolute Gasteiger partial charge is 0.243 e. The molecule has 1 saturated heterocycles. The monoisotopic (exact) mass is 482 g/mol. The Morgan fingerprint density at radius 3 is 1.19 bits per heavy atom. The average Bonchev–Trinajstić information content (AvgIpc) is 2.73. The lowest BCUT2D eigenvalue weighted by Crippen LogP contribution is -2.50. The number of methoxy groups -OCH3 is 2. The van der Waals surface area contributed by atoms with Gasteiger partial charge in [0.25, 0.3) is 0 Å². The minimum Gasteiger partial charge on any atom is -0.496 e. The van der Waals surface area contributed by atoms with Crippen LogP contribution in [0.2, 0.25) is 0 Å². The number of aryl methyl sites for hydroxylation is 4. The first-order chi connectivity index (χ1) is 14.9. The Labute approximate surface area is 190 Å². The number of piperazine rings is 1. The predicted octanol–water partition coefficient (Wildman–Crippen LogP) is 2.63. The molecule has 0 spiro atoms. The van der Waals surface area contributed by atoms with Gasteiger partial charge in [0.2, 0.25) is 20.0 Å². The molecule has 3 rings (SSSR count). The highest BCUT2D eigenvalue weighted by Gasteiger charge is 2.35. The van der Waals surface area contributed by atoms with E-state index in [4.69, 9.17) is 9.47 Å². The van der Waals surface area contributed by atoms with Crippen molar-refractivity contribution in [2.45, 2.75) is 37.5 Å². The molecule has 1 heterocycles. The van der Waals surface area contributed by atoms with E-state index in [9.17, 15) is 16.8 Å². The first kappa shape index (κ1) is 24.5. The summed E-state index contributed by atoms with van der Waals surface area (Å²) in [6, 6.07) is 6.62. The third-order valence-corrected chi connectivity index (χ3v) is 9.90. The average molecular weight is 483 g/mol. The molecule has 1 aliphatic heterocycles. The Kier molecular flexibility index (Phi) is 6.90. The van der Waals surface area contributed by atoms with E-state index in [1.54, 1.807) is 26.0 Å². The van der Waals surface area contributed by atoms with Crippen LogP contribution in [0.15, 0.2) is 34.1 Å². The summed E-state index contributed by atoms with van der Waals surface area (Å²) in [6.07, 6.45) is 0. The molecular weight excluding hydrogens is 452 g/mol. The molecule has 10 heteroatoms. The quantitative estimate of drug-likeness (QED) is 0.628. The SMILES string of the molecule is COc1cc(S(=O)(=O)N2CCN(S(=O)(=O)c3cc(OC)c(C)cc3C)CC2)c(C)cc1C. The van der Waals surface area contributed by atoms with Gasteiger partial charge in [-0.05, 0) is 49.9 Å². The second kappa shape index (κ2) is 9.01. The van der Waals surface area contributed by atoms with Crippen molar-refractivity contribution in [3.8, 4) is 11.5 Å². The van der Waals surface area contributed by atoms with Crippen LogP contribution in [-0.2, 0) is 20.0 Å². The zero-order valence-corrected chi connectivity index (χ0v) is 20.9. The normalized spacial score (nSPS) is 16.2. The molecule has 176 valence electrons.